The van der Waals surface area contributed by atoms with Gasteiger partial charge >= 0.3 is 0 Å². The van der Waals surface area contributed by atoms with Gasteiger partial charge in [0.2, 0.25) is 0 Å². The smallest absolute Gasteiger partial charge is 0.193 e. The van der Waals surface area contributed by atoms with Crippen LogP contribution in [-0.4, -0.2) is 41.3 Å². The fourth-order valence-corrected chi connectivity index (χ4v) is 3.12. The summed E-state index contributed by atoms with van der Waals surface area (Å²) < 4.78 is 15.9. The van der Waals surface area contributed by atoms with Crippen LogP contribution in [0.4, 0.5) is 4.39 Å². The Bertz CT molecular complexity index is 733. The number of aromatic nitrogens is 2. The minimum atomic E-state index is -0.115. The zero-order valence-corrected chi connectivity index (χ0v) is 14.5. The van der Waals surface area contributed by atoms with Crippen molar-refractivity contribution in [2.75, 3.05) is 20.6 Å². The van der Waals surface area contributed by atoms with Crippen LogP contribution in [0.2, 0.25) is 0 Å². The van der Waals surface area contributed by atoms with Gasteiger partial charge in [-0.1, -0.05) is 18.2 Å². The first kappa shape index (κ1) is 16.5. The van der Waals surface area contributed by atoms with Crippen LogP contribution >= 0.6 is 0 Å². The normalized spacial score (nSPS) is 16.1. The maximum Gasteiger partial charge on any atom is 0.193 e. The van der Waals surface area contributed by atoms with Gasteiger partial charge in [-0.15, -0.1) is 0 Å². The van der Waals surface area contributed by atoms with Crippen LogP contribution in [0, 0.1) is 5.82 Å². The second kappa shape index (κ2) is 6.63. The number of nitrogens with one attached hydrogen (secondary N) is 1. The van der Waals surface area contributed by atoms with Gasteiger partial charge in [0.15, 0.2) is 5.96 Å². The van der Waals surface area contributed by atoms with Crippen LogP contribution in [-0.2, 0) is 19.0 Å². The summed E-state index contributed by atoms with van der Waals surface area (Å²) in [4.78, 5) is 6.40. The summed E-state index contributed by atoms with van der Waals surface area (Å²) in [6.45, 7) is 1.41. The SMILES string of the molecule is CN=C(NCC1(c2ccccc2F)CC1)N(C)Cc1cnn(C)c1. The Hall–Kier alpha value is -2.37. The van der Waals surface area contributed by atoms with E-state index in [0.717, 1.165) is 36.5 Å². The minimum absolute atomic E-state index is 0.101. The van der Waals surface area contributed by atoms with E-state index in [0.29, 0.717) is 6.54 Å². The average molecular weight is 329 g/mol. The zero-order valence-electron chi connectivity index (χ0n) is 14.5. The van der Waals surface area contributed by atoms with Gasteiger partial charge in [0, 0.05) is 51.4 Å². The van der Waals surface area contributed by atoms with E-state index < -0.39 is 0 Å². The van der Waals surface area contributed by atoms with Crippen LogP contribution in [0.15, 0.2) is 41.7 Å². The molecule has 1 aliphatic rings. The maximum absolute atomic E-state index is 14.1. The van der Waals surface area contributed by atoms with Crippen molar-refractivity contribution in [2.45, 2.75) is 24.8 Å². The summed E-state index contributed by atoms with van der Waals surface area (Å²) in [7, 11) is 5.66. The van der Waals surface area contributed by atoms with E-state index in [1.807, 2.05) is 38.6 Å². The van der Waals surface area contributed by atoms with Gasteiger partial charge < -0.3 is 10.2 Å². The highest BCUT2D eigenvalue weighted by molar-refractivity contribution is 5.79. The van der Waals surface area contributed by atoms with E-state index in [-0.39, 0.29) is 11.2 Å². The molecule has 3 rings (SSSR count). The van der Waals surface area contributed by atoms with E-state index in [9.17, 15) is 4.39 Å². The van der Waals surface area contributed by atoms with Crippen molar-refractivity contribution in [3.63, 3.8) is 0 Å². The van der Waals surface area contributed by atoms with Crippen molar-refractivity contribution in [2.24, 2.45) is 12.0 Å². The molecule has 128 valence electrons. The Labute approximate surface area is 142 Å². The molecule has 1 aromatic heterocycles. The van der Waals surface area contributed by atoms with Gasteiger partial charge in [-0.05, 0) is 24.5 Å². The molecule has 0 saturated heterocycles. The fraction of sp³-hybridized carbons (Fsp3) is 0.444. The summed E-state index contributed by atoms with van der Waals surface area (Å²) in [6.07, 6.45) is 5.85. The monoisotopic (exact) mass is 329 g/mol. The molecule has 1 saturated carbocycles. The lowest BCUT2D eigenvalue weighted by Crippen LogP contribution is -2.42. The Kier molecular flexibility index (Phi) is 4.55. The number of aliphatic imine (C=N–C) groups is 1. The number of rotatable bonds is 5. The molecule has 5 nitrogen and oxygen atoms in total. The highest BCUT2D eigenvalue weighted by Gasteiger charge is 2.45. The lowest BCUT2D eigenvalue weighted by molar-refractivity contribution is 0.467. The number of nitrogens with zero attached hydrogens (tertiary/aromatic N) is 4. The van der Waals surface area contributed by atoms with Crippen LogP contribution < -0.4 is 5.32 Å². The van der Waals surface area contributed by atoms with Crippen molar-refractivity contribution in [3.8, 4) is 0 Å². The highest BCUT2D eigenvalue weighted by Crippen LogP contribution is 2.48. The number of guanidine groups is 1. The topological polar surface area (TPSA) is 45.5 Å². The van der Waals surface area contributed by atoms with E-state index >= 15 is 0 Å². The van der Waals surface area contributed by atoms with E-state index in [4.69, 9.17) is 0 Å². The van der Waals surface area contributed by atoms with E-state index in [1.165, 1.54) is 0 Å². The molecule has 0 aliphatic heterocycles. The first-order valence-corrected chi connectivity index (χ1v) is 8.18. The van der Waals surface area contributed by atoms with Crippen LogP contribution in [0.1, 0.15) is 24.0 Å². The largest absolute Gasteiger partial charge is 0.355 e. The number of benzene rings is 1. The summed E-state index contributed by atoms with van der Waals surface area (Å²) in [5.41, 5.74) is 1.83. The third kappa shape index (κ3) is 3.42. The summed E-state index contributed by atoms with van der Waals surface area (Å²) in [6, 6.07) is 7.08. The molecule has 0 atom stereocenters. The fourth-order valence-electron chi connectivity index (χ4n) is 3.12. The molecule has 0 unspecified atom stereocenters. The van der Waals surface area contributed by atoms with E-state index in [1.54, 1.807) is 23.9 Å². The Morgan fingerprint density at radius 1 is 1.42 bits per heavy atom. The van der Waals surface area contributed by atoms with Crippen LogP contribution in [0.3, 0.4) is 0 Å². The molecule has 0 bridgehead atoms. The molecule has 6 heteroatoms. The van der Waals surface area contributed by atoms with Crippen molar-refractivity contribution in [1.82, 2.24) is 20.0 Å². The molecule has 1 heterocycles. The molecule has 1 aliphatic carbocycles. The van der Waals surface area contributed by atoms with Crippen molar-refractivity contribution in [3.05, 3.63) is 53.6 Å². The summed E-state index contributed by atoms with van der Waals surface area (Å²) >= 11 is 0. The quantitative estimate of drug-likeness (QED) is 0.676. The number of halogens is 1. The molecule has 1 aromatic carbocycles. The Morgan fingerprint density at radius 2 is 2.17 bits per heavy atom. The van der Waals surface area contributed by atoms with E-state index in [2.05, 4.69) is 20.3 Å². The predicted molar refractivity (Wildman–Crippen MR) is 93.3 cm³/mol. The molecule has 24 heavy (non-hydrogen) atoms. The molecule has 2 aromatic rings. The van der Waals surface area contributed by atoms with Crippen molar-refractivity contribution >= 4 is 5.96 Å². The number of hydrogen-bond acceptors (Lipinski definition) is 2. The zero-order chi connectivity index (χ0) is 17.2. The summed E-state index contributed by atoms with van der Waals surface area (Å²) in [5.74, 6) is 0.692. The molecule has 0 amide bonds. The van der Waals surface area contributed by atoms with Gasteiger partial charge in [0.25, 0.3) is 0 Å². The lowest BCUT2D eigenvalue weighted by atomic mass is 9.95. The van der Waals surface area contributed by atoms with Gasteiger partial charge in [-0.3, -0.25) is 9.67 Å². The van der Waals surface area contributed by atoms with Crippen LogP contribution in [0.5, 0.6) is 0 Å². The standard InChI is InChI=1S/C18H24FN5/c1-20-17(23(2)11-14-10-22-24(3)12-14)21-13-18(8-9-18)15-6-4-5-7-16(15)19/h4-7,10,12H,8-9,11,13H2,1-3H3,(H,20,21). The number of hydrogen-bond donors (Lipinski definition) is 1. The number of aryl methyl sites for hydroxylation is 1. The Balaban J connectivity index is 1.63. The first-order valence-electron chi connectivity index (χ1n) is 8.18. The molecular formula is C18H24FN5. The van der Waals surface area contributed by atoms with Gasteiger partial charge in [0.1, 0.15) is 5.82 Å². The second-order valence-corrected chi connectivity index (χ2v) is 6.54. The van der Waals surface area contributed by atoms with Crippen LogP contribution in [0.25, 0.3) is 0 Å². The second-order valence-electron chi connectivity index (χ2n) is 6.54. The minimum Gasteiger partial charge on any atom is -0.355 e. The average Bonchev–Trinajstić information content (AvgIpc) is 3.24. The predicted octanol–water partition coefficient (Wildman–Crippen LogP) is 2.30. The maximum atomic E-state index is 14.1. The highest BCUT2D eigenvalue weighted by atomic mass is 19.1. The van der Waals surface area contributed by atoms with Gasteiger partial charge in [-0.2, -0.15) is 5.10 Å². The third-order valence-corrected chi connectivity index (χ3v) is 4.64. The lowest BCUT2D eigenvalue weighted by Gasteiger charge is -2.24. The van der Waals surface area contributed by atoms with Crippen molar-refractivity contribution < 1.29 is 4.39 Å². The Morgan fingerprint density at radius 3 is 2.75 bits per heavy atom. The third-order valence-electron chi connectivity index (χ3n) is 4.64. The molecule has 1 N–H and O–H groups in total. The molecule has 0 radical (unpaired) electrons. The summed E-state index contributed by atoms with van der Waals surface area (Å²) in [5, 5.41) is 7.59. The molecular weight excluding hydrogens is 305 g/mol. The van der Waals surface area contributed by atoms with Gasteiger partial charge in [0.05, 0.1) is 6.20 Å². The van der Waals surface area contributed by atoms with Crippen molar-refractivity contribution in [1.29, 1.82) is 0 Å². The van der Waals surface area contributed by atoms with Gasteiger partial charge in [-0.25, -0.2) is 4.39 Å². The first-order chi connectivity index (χ1) is 11.5. The molecule has 0 spiro atoms. The molecule has 1 fully saturated rings.